The highest BCUT2D eigenvalue weighted by molar-refractivity contribution is 6.34. The summed E-state index contributed by atoms with van der Waals surface area (Å²) in [5.74, 6) is -0.437. The molecule has 0 unspecified atom stereocenters. The van der Waals surface area contributed by atoms with Gasteiger partial charge in [0.2, 0.25) is 11.7 Å². The van der Waals surface area contributed by atoms with Crippen LogP contribution in [0.4, 0.5) is 18.9 Å². The van der Waals surface area contributed by atoms with Crippen LogP contribution in [0.3, 0.4) is 0 Å². The summed E-state index contributed by atoms with van der Waals surface area (Å²) in [7, 11) is 1.60. The molecule has 0 N–H and O–H groups in total. The van der Waals surface area contributed by atoms with Gasteiger partial charge in [0.1, 0.15) is 5.75 Å². The fourth-order valence-corrected chi connectivity index (χ4v) is 5.36. The van der Waals surface area contributed by atoms with Gasteiger partial charge in [-0.05, 0) is 24.5 Å². The highest BCUT2D eigenvalue weighted by atomic mass is 35.5. The van der Waals surface area contributed by atoms with Gasteiger partial charge in [0.15, 0.2) is 5.82 Å². The van der Waals surface area contributed by atoms with Crippen LogP contribution in [0.1, 0.15) is 25.0 Å². The van der Waals surface area contributed by atoms with E-state index in [1.54, 1.807) is 18.2 Å². The van der Waals surface area contributed by atoms with Gasteiger partial charge >= 0.3 is 6.18 Å². The number of amides is 1. The maximum atomic E-state index is 13.3. The summed E-state index contributed by atoms with van der Waals surface area (Å²) in [4.78, 5) is 21.5. The predicted octanol–water partition coefficient (Wildman–Crippen LogP) is 4.01. The number of benzene rings is 1. The first-order valence-electron chi connectivity index (χ1n) is 11.3. The summed E-state index contributed by atoms with van der Waals surface area (Å²) >= 11 is 6.55. The molecule has 35 heavy (non-hydrogen) atoms. The molecule has 12 heteroatoms. The lowest BCUT2D eigenvalue weighted by atomic mass is 9.85. The zero-order valence-electron chi connectivity index (χ0n) is 19.2. The number of nitrogens with zero attached hydrogens (tertiary/aromatic N) is 6. The number of piperidine rings is 1. The second-order valence-electron chi connectivity index (χ2n) is 9.01. The maximum absolute atomic E-state index is 13.3. The van der Waals surface area contributed by atoms with E-state index in [1.807, 2.05) is 25.1 Å². The van der Waals surface area contributed by atoms with Gasteiger partial charge in [-0.2, -0.15) is 13.2 Å². The van der Waals surface area contributed by atoms with Crippen molar-refractivity contribution >= 4 is 34.1 Å². The van der Waals surface area contributed by atoms with Crippen LogP contribution in [-0.2, 0) is 24.1 Å². The van der Waals surface area contributed by atoms with E-state index in [9.17, 15) is 18.0 Å². The normalized spacial score (nSPS) is 20.7. The van der Waals surface area contributed by atoms with E-state index < -0.39 is 12.0 Å². The van der Waals surface area contributed by atoms with Crippen molar-refractivity contribution < 1.29 is 22.7 Å². The molecule has 0 radical (unpaired) electrons. The number of anilines is 1. The van der Waals surface area contributed by atoms with Crippen molar-refractivity contribution in [3.05, 3.63) is 41.1 Å². The van der Waals surface area contributed by atoms with E-state index in [-0.39, 0.29) is 43.2 Å². The number of carbonyl (C=O) groups excluding carboxylic acids is 1. The average molecular weight is 509 g/mol. The van der Waals surface area contributed by atoms with E-state index in [0.717, 1.165) is 21.2 Å². The number of fused-ring (bicyclic) bond motifs is 2. The molecule has 8 nitrogen and oxygen atoms in total. The standard InChI is InChI=1S/C23H24ClF3N6O2/c1-13-11-31(20-16-4-3-14(35-2)9-18(16)28-10-17(20)24)6-5-15(13)21(34)32-7-8-33-19(12-32)29-30-22(33)23(25,26)27/h3-4,9-10,13,15H,5-8,11-12H2,1-2H3/t13-,15+/m1/s1. The molecule has 186 valence electrons. The molecule has 0 spiro atoms. The molecule has 0 aliphatic carbocycles. The molecular weight excluding hydrogens is 485 g/mol. The lowest BCUT2D eigenvalue weighted by Gasteiger charge is -2.40. The number of pyridine rings is 1. The Labute approximate surface area is 204 Å². The van der Waals surface area contributed by atoms with Crippen LogP contribution < -0.4 is 9.64 Å². The SMILES string of the molecule is COc1ccc2c(N3CC[C@H](C(=O)N4CCn5c(nnc5C(F)(F)F)C4)[C@H](C)C3)c(Cl)cnc2c1. The molecule has 4 heterocycles. The van der Waals surface area contributed by atoms with Crippen LogP contribution in [0.25, 0.3) is 10.9 Å². The Morgan fingerprint density at radius 1 is 1.20 bits per heavy atom. The molecule has 0 saturated carbocycles. The summed E-state index contributed by atoms with van der Waals surface area (Å²) in [6, 6.07) is 5.65. The molecule has 2 atom stereocenters. The third-order valence-corrected chi connectivity index (χ3v) is 7.14. The zero-order valence-corrected chi connectivity index (χ0v) is 20.0. The largest absolute Gasteiger partial charge is 0.497 e. The first kappa shape index (κ1) is 23.7. The molecule has 2 aliphatic rings. The number of rotatable bonds is 3. The van der Waals surface area contributed by atoms with Crippen molar-refractivity contribution in [1.82, 2.24) is 24.6 Å². The zero-order chi connectivity index (χ0) is 24.9. The molecule has 1 amide bonds. The van der Waals surface area contributed by atoms with Crippen molar-refractivity contribution in [2.24, 2.45) is 11.8 Å². The number of aromatic nitrogens is 4. The molecule has 1 saturated heterocycles. The van der Waals surface area contributed by atoms with E-state index in [0.29, 0.717) is 30.3 Å². The predicted molar refractivity (Wildman–Crippen MR) is 123 cm³/mol. The lowest BCUT2D eigenvalue weighted by Crippen LogP contribution is -2.49. The van der Waals surface area contributed by atoms with Crippen LogP contribution in [0.2, 0.25) is 5.02 Å². The van der Waals surface area contributed by atoms with Gasteiger partial charge in [-0.1, -0.05) is 18.5 Å². The van der Waals surface area contributed by atoms with Crippen molar-refractivity contribution in [1.29, 1.82) is 0 Å². The molecule has 2 aliphatic heterocycles. The maximum Gasteiger partial charge on any atom is 0.451 e. The number of hydrogen-bond acceptors (Lipinski definition) is 6. The Kier molecular flexibility index (Phi) is 5.98. The first-order chi connectivity index (χ1) is 16.7. The number of carbonyl (C=O) groups is 1. The van der Waals surface area contributed by atoms with E-state index in [1.165, 1.54) is 0 Å². The number of methoxy groups -OCH3 is 1. The monoisotopic (exact) mass is 508 g/mol. The van der Waals surface area contributed by atoms with E-state index >= 15 is 0 Å². The van der Waals surface area contributed by atoms with Crippen LogP contribution in [0.5, 0.6) is 5.75 Å². The van der Waals surface area contributed by atoms with E-state index in [4.69, 9.17) is 16.3 Å². The number of ether oxygens (including phenoxy) is 1. The minimum atomic E-state index is -4.57. The summed E-state index contributed by atoms with van der Waals surface area (Å²) in [5.41, 5.74) is 1.65. The molecule has 2 aromatic heterocycles. The number of hydrogen-bond donors (Lipinski definition) is 0. The van der Waals surface area contributed by atoms with E-state index in [2.05, 4.69) is 20.1 Å². The van der Waals surface area contributed by atoms with Gasteiger partial charge in [-0.15, -0.1) is 10.2 Å². The summed E-state index contributed by atoms with van der Waals surface area (Å²) in [6.07, 6.45) is -2.34. The molecule has 1 aromatic carbocycles. The van der Waals surface area contributed by atoms with Gasteiger partial charge in [-0.25, -0.2) is 0 Å². The summed E-state index contributed by atoms with van der Waals surface area (Å²) < 4.78 is 45.7. The Morgan fingerprint density at radius 3 is 2.71 bits per heavy atom. The second kappa shape index (κ2) is 8.85. The van der Waals surface area contributed by atoms with Crippen molar-refractivity contribution in [2.45, 2.75) is 32.6 Å². The highest BCUT2D eigenvalue weighted by Gasteiger charge is 2.41. The van der Waals surface area contributed by atoms with Crippen LogP contribution >= 0.6 is 11.6 Å². The van der Waals surface area contributed by atoms with Gasteiger partial charge in [0.25, 0.3) is 0 Å². The molecule has 3 aromatic rings. The average Bonchev–Trinajstić information content (AvgIpc) is 3.27. The van der Waals surface area contributed by atoms with Crippen molar-refractivity contribution in [3.63, 3.8) is 0 Å². The first-order valence-corrected chi connectivity index (χ1v) is 11.7. The molecular formula is C23H24ClF3N6O2. The Morgan fingerprint density at radius 2 is 2.00 bits per heavy atom. The fourth-order valence-electron chi connectivity index (χ4n) is 5.09. The second-order valence-corrected chi connectivity index (χ2v) is 9.41. The Balaban J connectivity index is 1.31. The molecule has 0 bridgehead atoms. The van der Waals surface area contributed by atoms with Gasteiger partial charge in [-0.3, -0.25) is 9.78 Å². The smallest absolute Gasteiger partial charge is 0.451 e. The lowest BCUT2D eigenvalue weighted by molar-refractivity contribution is -0.148. The minimum Gasteiger partial charge on any atom is -0.497 e. The summed E-state index contributed by atoms with van der Waals surface area (Å²) in [6.45, 7) is 3.50. The number of halogens is 4. The Hall–Kier alpha value is -3.08. The highest BCUT2D eigenvalue weighted by Crippen LogP contribution is 2.38. The number of alkyl halides is 3. The minimum absolute atomic E-state index is 0.0133. The van der Waals surface area contributed by atoms with Gasteiger partial charge < -0.3 is 19.1 Å². The third-order valence-electron chi connectivity index (χ3n) is 6.86. The van der Waals surface area contributed by atoms with Gasteiger partial charge in [0.05, 0.1) is 29.9 Å². The van der Waals surface area contributed by atoms with Crippen molar-refractivity contribution in [2.75, 3.05) is 31.6 Å². The van der Waals surface area contributed by atoms with Crippen LogP contribution in [0, 0.1) is 11.8 Å². The quantitative estimate of drug-likeness (QED) is 0.532. The van der Waals surface area contributed by atoms with Crippen molar-refractivity contribution in [3.8, 4) is 5.75 Å². The third kappa shape index (κ3) is 4.26. The van der Waals surface area contributed by atoms with Gasteiger partial charge in [0, 0.05) is 49.7 Å². The molecule has 1 fully saturated rings. The topological polar surface area (TPSA) is 76.4 Å². The Bertz CT molecular complexity index is 1280. The molecule has 5 rings (SSSR count). The van der Waals surface area contributed by atoms with Crippen LogP contribution in [0.15, 0.2) is 24.4 Å². The summed E-state index contributed by atoms with van der Waals surface area (Å²) in [5, 5.41) is 8.43. The fraction of sp³-hybridized carbons (Fsp3) is 0.478. The van der Waals surface area contributed by atoms with Crippen LogP contribution in [-0.4, -0.2) is 57.3 Å².